The van der Waals surface area contributed by atoms with E-state index in [-0.39, 0.29) is 5.91 Å². The molecule has 5 aromatic rings. The number of hydrogen-bond acceptors (Lipinski definition) is 16. The molecule has 1 saturated heterocycles. The number of nitrogens with two attached hydrogens (primary N) is 5. The summed E-state index contributed by atoms with van der Waals surface area (Å²) in [7, 11) is 0. The minimum absolute atomic E-state index is 0.232. The Morgan fingerprint density at radius 1 is 0.471 bits per heavy atom. The third kappa shape index (κ3) is 20.8. The first-order chi connectivity index (χ1) is 33.1. The van der Waals surface area contributed by atoms with E-state index in [1.807, 2.05) is 29.2 Å². The number of likely N-dealkylation sites (tertiary alicyclic amines) is 1. The van der Waals surface area contributed by atoms with E-state index in [0.717, 1.165) is 61.8 Å². The molecule has 3 saturated carbocycles. The van der Waals surface area contributed by atoms with Gasteiger partial charge in [0.25, 0.3) is 0 Å². The van der Waals surface area contributed by atoms with Crippen LogP contribution in [0, 0.1) is 0 Å². The third-order valence-corrected chi connectivity index (χ3v) is 11.4. The van der Waals surface area contributed by atoms with Crippen LogP contribution in [0.3, 0.4) is 0 Å². The zero-order chi connectivity index (χ0) is 48.2. The Morgan fingerprint density at radius 2 is 0.838 bits per heavy atom. The molecule has 1 amide bonds. The summed E-state index contributed by atoms with van der Waals surface area (Å²) in [5.74, 6) is 6.83. The number of unbranched alkanes of at least 4 members (excludes halogenated alkanes) is 1. The smallest absolute Gasteiger partial charge is 0.222 e. The molecule has 0 atom stereocenters. The van der Waals surface area contributed by atoms with Crippen molar-refractivity contribution in [2.45, 2.75) is 134 Å². The van der Waals surface area contributed by atoms with E-state index in [9.17, 15) is 4.79 Å². The zero-order valence-corrected chi connectivity index (χ0v) is 39.8. The van der Waals surface area contributed by atoms with E-state index in [1.165, 1.54) is 77.0 Å². The summed E-state index contributed by atoms with van der Waals surface area (Å²) < 4.78 is 28.0. The predicted octanol–water partition coefficient (Wildman–Crippen LogP) is 8.85. The number of hydrogen-bond donors (Lipinski definition) is 5. The highest BCUT2D eigenvalue weighted by atomic mass is 16.5. The van der Waals surface area contributed by atoms with Gasteiger partial charge in [0.2, 0.25) is 5.91 Å². The number of pyridine rings is 5. The molecule has 1 aliphatic heterocycles. The summed E-state index contributed by atoms with van der Waals surface area (Å²) in [6.45, 7) is 4.87. The number of nitrogens with zero attached hydrogens (tertiary/aromatic N) is 6. The Labute approximate surface area is 401 Å². The number of carbonyl (C=O) groups is 1. The lowest BCUT2D eigenvalue weighted by Gasteiger charge is -2.26. The molecule has 5 aromatic heterocycles. The lowest BCUT2D eigenvalue weighted by molar-refractivity contribution is -0.133. The maximum atomic E-state index is 11.5. The Balaban J connectivity index is 0.000000160. The molecule has 17 nitrogen and oxygen atoms in total. The SMILES string of the molecule is CCCCOc1ccc(N)nc1.Nc1ccc(OC2CCC2)cn1.Nc1ccc(OC2CCCC2)cn1.Nc1ccc(OC2CCCCC2)cn1.Nc1ccc(OCCN2CCCCC2=O)cn1. The molecular formula is C51H73N11O6. The molecule has 4 aliphatic rings. The number of aromatic nitrogens is 5. The van der Waals surface area contributed by atoms with Gasteiger partial charge in [0.05, 0.1) is 62.4 Å². The molecule has 4 fully saturated rings. The van der Waals surface area contributed by atoms with Crippen molar-refractivity contribution < 1.29 is 28.5 Å². The van der Waals surface area contributed by atoms with Crippen molar-refractivity contribution in [2.75, 3.05) is 55.0 Å². The largest absolute Gasteiger partial charge is 0.492 e. The van der Waals surface area contributed by atoms with Gasteiger partial charge in [0.15, 0.2) is 0 Å². The van der Waals surface area contributed by atoms with Crippen LogP contribution in [0.2, 0.25) is 0 Å². The molecule has 0 aromatic carbocycles. The minimum Gasteiger partial charge on any atom is -0.492 e. The molecule has 10 N–H and O–H groups in total. The molecule has 0 radical (unpaired) electrons. The van der Waals surface area contributed by atoms with E-state index in [0.29, 0.717) is 72.7 Å². The summed E-state index contributed by atoms with van der Waals surface area (Å²) in [4.78, 5) is 33.1. The quantitative estimate of drug-likeness (QED) is 0.0651. The van der Waals surface area contributed by atoms with Crippen LogP contribution in [0.15, 0.2) is 91.6 Å². The van der Waals surface area contributed by atoms with Crippen molar-refractivity contribution in [1.29, 1.82) is 0 Å². The topological polar surface area (TPSA) is 261 Å². The molecule has 368 valence electrons. The van der Waals surface area contributed by atoms with Crippen LogP contribution >= 0.6 is 0 Å². The first-order valence-corrected chi connectivity index (χ1v) is 24.2. The number of amides is 1. The van der Waals surface area contributed by atoms with E-state index in [1.54, 1.807) is 67.4 Å². The van der Waals surface area contributed by atoms with Crippen LogP contribution in [0.25, 0.3) is 0 Å². The third-order valence-electron chi connectivity index (χ3n) is 11.4. The van der Waals surface area contributed by atoms with Crippen LogP contribution in [0.4, 0.5) is 29.1 Å². The second-order valence-corrected chi connectivity index (χ2v) is 17.1. The lowest BCUT2D eigenvalue weighted by atomic mass is 9.96. The van der Waals surface area contributed by atoms with E-state index in [2.05, 4.69) is 31.8 Å². The Bertz CT molecular complexity index is 2100. The summed E-state index contributed by atoms with van der Waals surface area (Å²) in [5, 5.41) is 0. The second kappa shape index (κ2) is 29.8. The molecule has 9 rings (SSSR count). The highest BCUT2D eigenvalue weighted by Gasteiger charge is 2.20. The highest BCUT2D eigenvalue weighted by molar-refractivity contribution is 5.76. The normalized spacial score (nSPS) is 15.8. The summed E-state index contributed by atoms with van der Waals surface area (Å²) in [6, 6.07) is 18.0. The van der Waals surface area contributed by atoms with Crippen molar-refractivity contribution in [1.82, 2.24) is 29.8 Å². The number of nitrogen functional groups attached to an aromatic ring is 5. The van der Waals surface area contributed by atoms with Gasteiger partial charge < -0.3 is 57.3 Å². The van der Waals surface area contributed by atoms with Crippen LogP contribution in [0.1, 0.15) is 116 Å². The summed E-state index contributed by atoms with van der Waals surface area (Å²) >= 11 is 0. The predicted molar refractivity (Wildman–Crippen MR) is 268 cm³/mol. The Morgan fingerprint density at radius 3 is 1.18 bits per heavy atom. The van der Waals surface area contributed by atoms with Crippen LogP contribution in [-0.2, 0) is 4.79 Å². The molecule has 0 unspecified atom stereocenters. The van der Waals surface area contributed by atoms with E-state index >= 15 is 0 Å². The number of piperidine rings is 1. The monoisotopic (exact) mass is 936 g/mol. The van der Waals surface area contributed by atoms with Gasteiger partial charge in [0, 0.05) is 13.0 Å². The average molecular weight is 936 g/mol. The number of anilines is 5. The molecular weight excluding hydrogens is 863 g/mol. The maximum absolute atomic E-state index is 11.5. The van der Waals surface area contributed by atoms with E-state index in [4.69, 9.17) is 52.4 Å². The molecule has 68 heavy (non-hydrogen) atoms. The molecule has 6 heterocycles. The van der Waals surface area contributed by atoms with E-state index < -0.39 is 0 Å². The van der Waals surface area contributed by atoms with Crippen molar-refractivity contribution in [3.8, 4) is 28.7 Å². The van der Waals surface area contributed by atoms with Gasteiger partial charge in [-0.25, -0.2) is 24.9 Å². The fourth-order valence-corrected chi connectivity index (χ4v) is 7.30. The van der Waals surface area contributed by atoms with Gasteiger partial charge in [-0.2, -0.15) is 0 Å². The number of ether oxygens (including phenoxy) is 5. The maximum Gasteiger partial charge on any atom is 0.222 e. The van der Waals surface area contributed by atoms with Crippen molar-refractivity contribution >= 4 is 35.0 Å². The van der Waals surface area contributed by atoms with Crippen molar-refractivity contribution in [2.24, 2.45) is 0 Å². The van der Waals surface area contributed by atoms with Crippen LogP contribution in [-0.4, -0.2) is 80.3 Å². The van der Waals surface area contributed by atoms with Crippen molar-refractivity contribution in [3.05, 3.63) is 91.6 Å². The minimum atomic E-state index is 0.232. The molecule has 17 heteroatoms. The Kier molecular flexibility index (Phi) is 22.9. The van der Waals surface area contributed by atoms with Gasteiger partial charge in [-0.15, -0.1) is 0 Å². The first kappa shape index (κ1) is 52.2. The lowest BCUT2D eigenvalue weighted by Crippen LogP contribution is -2.38. The van der Waals surface area contributed by atoms with Gasteiger partial charge in [-0.05, 0) is 151 Å². The molecule has 0 bridgehead atoms. The highest BCUT2D eigenvalue weighted by Crippen LogP contribution is 2.26. The van der Waals surface area contributed by atoms with Gasteiger partial charge >= 0.3 is 0 Å². The van der Waals surface area contributed by atoms with Crippen LogP contribution < -0.4 is 52.4 Å². The number of carbonyl (C=O) groups excluding carboxylic acids is 1. The Hall–Kier alpha value is -6.78. The standard InChI is InChI=1S/C12H17N3O2.C11H16N2O.C10H14N2O.C9H12N2O.C9H14N2O/c13-11-5-4-10(9-14-11)17-8-7-15-6-2-1-3-12(15)16;12-11-7-6-10(8-13-11)14-9-4-2-1-3-5-9;11-10-6-5-9(7-12-10)13-8-3-1-2-4-8;10-9-5-4-8(6-11-9)12-7-2-1-3-7;1-2-3-6-12-8-4-5-9(10)11-7-8/h4-5,9H,1-3,6-8H2,(H2,13,14);6-9H,1-5H2,(H2,12,13);5-8H,1-4H2,(H2,11,12);4-7H,1-3H2,(H2,10,11);4-5,7H,2-3,6H2,1H3,(H2,10,11). The summed E-state index contributed by atoms with van der Waals surface area (Å²) in [6.07, 6.45) is 29.3. The van der Waals surface area contributed by atoms with Gasteiger partial charge in [-0.3, -0.25) is 4.79 Å². The first-order valence-electron chi connectivity index (χ1n) is 24.2. The fraction of sp³-hybridized carbons (Fsp3) is 0.490. The average Bonchev–Trinajstić information content (AvgIpc) is 3.86. The zero-order valence-electron chi connectivity index (χ0n) is 39.8. The van der Waals surface area contributed by atoms with Gasteiger partial charge in [-0.1, -0.05) is 19.8 Å². The van der Waals surface area contributed by atoms with Crippen molar-refractivity contribution in [3.63, 3.8) is 0 Å². The summed E-state index contributed by atoms with van der Waals surface area (Å²) in [5.41, 5.74) is 27.3. The fourth-order valence-electron chi connectivity index (χ4n) is 7.30. The second-order valence-electron chi connectivity index (χ2n) is 17.1. The number of rotatable bonds is 14. The molecule has 0 spiro atoms. The molecule has 3 aliphatic carbocycles. The van der Waals surface area contributed by atoms with Crippen LogP contribution in [0.5, 0.6) is 28.7 Å². The van der Waals surface area contributed by atoms with Gasteiger partial charge in [0.1, 0.15) is 64.4 Å².